The van der Waals surface area contributed by atoms with Gasteiger partial charge in [-0.25, -0.2) is 4.98 Å². The van der Waals surface area contributed by atoms with Crippen molar-refractivity contribution < 1.29 is 23.8 Å². The second-order valence-electron chi connectivity index (χ2n) is 9.01. The maximum atomic E-state index is 13.3. The minimum absolute atomic E-state index is 0.134. The number of nitrogens with zero attached hydrogens (tertiary/aromatic N) is 1. The molecule has 1 aliphatic carbocycles. The van der Waals surface area contributed by atoms with E-state index in [4.69, 9.17) is 14.2 Å². The zero-order valence-corrected chi connectivity index (χ0v) is 23.2. The summed E-state index contributed by atoms with van der Waals surface area (Å²) < 4.78 is 17.0. The van der Waals surface area contributed by atoms with E-state index < -0.39 is 0 Å². The van der Waals surface area contributed by atoms with Crippen LogP contribution in [0.15, 0.2) is 40.6 Å². The molecule has 3 N–H and O–H groups in total. The number of anilines is 2. The second-order valence-corrected chi connectivity index (χ2v) is 9.91. The van der Waals surface area contributed by atoms with Gasteiger partial charge in [0.25, 0.3) is 0 Å². The third kappa shape index (κ3) is 6.31. The van der Waals surface area contributed by atoms with E-state index in [-0.39, 0.29) is 29.7 Å². The van der Waals surface area contributed by atoms with Gasteiger partial charge in [0.1, 0.15) is 0 Å². The molecular formula is C28H32N4O6S. The molecule has 1 aromatic heterocycles. The van der Waals surface area contributed by atoms with Crippen molar-refractivity contribution in [1.29, 1.82) is 0 Å². The minimum Gasteiger partial charge on any atom is -0.493 e. The van der Waals surface area contributed by atoms with Crippen molar-refractivity contribution in [3.05, 3.63) is 57.2 Å². The molecule has 0 spiro atoms. The first-order chi connectivity index (χ1) is 18.9. The molecule has 2 amide bonds. The predicted molar refractivity (Wildman–Crippen MR) is 151 cm³/mol. The normalized spacial score (nSPS) is 13.8. The van der Waals surface area contributed by atoms with Crippen LogP contribution in [0.25, 0.3) is 11.1 Å². The third-order valence-electron chi connectivity index (χ3n) is 6.49. The lowest BCUT2D eigenvalue weighted by molar-refractivity contribution is -0.119. The Morgan fingerprint density at radius 2 is 1.90 bits per heavy atom. The standard InChI is InChI=1S/C28H32N4O6S/c1-16(33)31-20-9-7-17-14-23(36-2)26(37-3)27(38-4)25(17)18-8-10-21(22(34)15-19(18)20)29-11-5-6-24(35)32-28-30-12-13-39-28/h8,10,12-15,20H,5-7,9,11H2,1-4H3,(H,29,34)(H,31,33)(H,30,32,35). The summed E-state index contributed by atoms with van der Waals surface area (Å²) in [5.74, 6) is 1.17. The Morgan fingerprint density at radius 3 is 2.56 bits per heavy atom. The summed E-state index contributed by atoms with van der Waals surface area (Å²) in [6.07, 6.45) is 3.65. The van der Waals surface area contributed by atoms with Crippen molar-refractivity contribution in [1.82, 2.24) is 10.3 Å². The Morgan fingerprint density at radius 1 is 1.10 bits per heavy atom. The van der Waals surface area contributed by atoms with Gasteiger partial charge in [0.2, 0.25) is 23.0 Å². The van der Waals surface area contributed by atoms with Gasteiger partial charge in [0.05, 0.1) is 33.1 Å². The summed E-state index contributed by atoms with van der Waals surface area (Å²) in [6.45, 7) is 1.89. The molecule has 11 heteroatoms. The van der Waals surface area contributed by atoms with Crippen LogP contribution in [0.1, 0.15) is 43.4 Å². The molecule has 0 fully saturated rings. The van der Waals surface area contributed by atoms with Gasteiger partial charge in [-0.15, -0.1) is 11.3 Å². The van der Waals surface area contributed by atoms with Crippen molar-refractivity contribution in [2.24, 2.45) is 0 Å². The Labute approximate surface area is 230 Å². The molecule has 2 aromatic carbocycles. The molecular weight excluding hydrogens is 520 g/mol. The van der Waals surface area contributed by atoms with E-state index in [0.717, 1.165) is 16.7 Å². The van der Waals surface area contributed by atoms with E-state index in [1.54, 1.807) is 45.0 Å². The van der Waals surface area contributed by atoms with Crippen LogP contribution >= 0.6 is 11.3 Å². The number of aryl methyl sites for hydroxylation is 1. The summed E-state index contributed by atoms with van der Waals surface area (Å²) in [7, 11) is 4.68. The van der Waals surface area contributed by atoms with E-state index in [9.17, 15) is 14.4 Å². The molecule has 0 saturated carbocycles. The molecule has 10 nitrogen and oxygen atoms in total. The number of methoxy groups -OCH3 is 3. The quantitative estimate of drug-likeness (QED) is 0.320. The number of nitrogens with one attached hydrogen (secondary N) is 3. The third-order valence-corrected chi connectivity index (χ3v) is 7.18. The van der Waals surface area contributed by atoms with E-state index >= 15 is 0 Å². The van der Waals surface area contributed by atoms with Crippen LogP contribution < -0.4 is 35.6 Å². The molecule has 0 bridgehead atoms. The molecule has 1 heterocycles. The van der Waals surface area contributed by atoms with Crippen molar-refractivity contribution >= 4 is 34.0 Å². The highest BCUT2D eigenvalue weighted by atomic mass is 32.1. The number of thiazole rings is 1. The Hall–Kier alpha value is -4.12. The van der Waals surface area contributed by atoms with Crippen LogP contribution in [-0.2, 0) is 16.0 Å². The molecule has 1 aliphatic rings. The van der Waals surface area contributed by atoms with Crippen molar-refractivity contribution in [2.75, 3.05) is 38.5 Å². The van der Waals surface area contributed by atoms with Crippen molar-refractivity contribution in [2.45, 2.75) is 38.6 Å². The first kappa shape index (κ1) is 27.9. The van der Waals surface area contributed by atoms with Crippen LogP contribution in [0.3, 0.4) is 0 Å². The van der Waals surface area contributed by atoms with E-state index in [1.807, 2.05) is 12.1 Å². The maximum absolute atomic E-state index is 13.3. The van der Waals surface area contributed by atoms with E-state index in [0.29, 0.717) is 59.4 Å². The smallest absolute Gasteiger partial charge is 0.226 e. The number of benzene rings is 1. The highest BCUT2D eigenvalue weighted by molar-refractivity contribution is 7.13. The highest BCUT2D eigenvalue weighted by Gasteiger charge is 2.29. The van der Waals surface area contributed by atoms with Crippen LogP contribution in [0.2, 0.25) is 0 Å². The Bertz CT molecular complexity index is 1410. The zero-order chi connectivity index (χ0) is 27.9. The summed E-state index contributed by atoms with van der Waals surface area (Å²) in [5, 5.41) is 11.3. The SMILES string of the molecule is COc1cc2c(c(OC)c1OC)-c1ccc(NCCCC(=O)Nc3nccs3)c(=O)cc1C(NC(C)=O)CC2. The van der Waals surface area contributed by atoms with E-state index in [1.165, 1.54) is 18.3 Å². The first-order valence-corrected chi connectivity index (χ1v) is 13.4. The van der Waals surface area contributed by atoms with Gasteiger partial charge < -0.3 is 30.2 Å². The van der Waals surface area contributed by atoms with Crippen LogP contribution in [0, 0.1) is 0 Å². The molecule has 4 rings (SSSR count). The average molecular weight is 553 g/mol. The number of hydrogen-bond donors (Lipinski definition) is 3. The summed E-state index contributed by atoms with van der Waals surface area (Å²) in [6, 6.07) is 6.69. The summed E-state index contributed by atoms with van der Waals surface area (Å²) >= 11 is 1.36. The second kappa shape index (κ2) is 12.6. The lowest BCUT2D eigenvalue weighted by Gasteiger charge is -2.19. The molecule has 206 valence electrons. The fourth-order valence-electron chi connectivity index (χ4n) is 4.79. The van der Waals surface area contributed by atoms with Crippen LogP contribution in [0.4, 0.5) is 10.8 Å². The van der Waals surface area contributed by atoms with Crippen LogP contribution in [0.5, 0.6) is 17.2 Å². The monoisotopic (exact) mass is 552 g/mol. The van der Waals surface area contributed by atoms with Gasteiger partial charge in [-0.3, -0.25) is 14.4 Å². The molecule has 3 aromatic rings. The van der Waals surface area contributed by atoms with Gasteiger partial charge in [-0.1, -0.05) is 6.07 Å². The van der Waals surface area contributed by atoms with E-state index in [2.05, 4.69) is 20.9 Å². The van der Waals surface area contributed by atoms with Gasteiger partial charge in [0.15, 0.2) is 16.6 Å². The minimum atomic E-state index is -0.380. The fraction of sp³-hybridized carbons (Fsp3) is 0.357. The number of aromatic nitrogens is 1. The Balaban J connectivity index is 1.67. The molecule has 0 saturated heterocycles. The number of carbonyl (C=O) groups excluding carboxylic acids is 2. The highest BCUT2D eigenvalue weighted by Crippen LogP contribution is 2.50. The molecule has 1 atom stereocenters. The van der Waals surface area contributed by atoms with Crippen molar-refractivity contribution in [3.8, 4) is 28.4 Å². The number of rotatable bonds is 10. The Kier molecular flexibility index (Phi) is 9.03. The number of fused-ring (bicyclic) bond motifs is 3. The lowest BCUT2D eigenvalue weighted by atomic mass is 9.95. The number of ether oxygens (including phenoxy) is 3. The molecule has 1 unspecified atom stereocenters. The first-order valence-electron chi connectivity index (χ1n) is 12.6. The molecule has 0 aliphatic heterocycles. The zero-order valence-electron chi connectivity index (χ0n) is 22.4. The predicted octanol–water partition coefficient (Wildman–Crippen LogP) is 4.15. The van der Waals surface area contributed by atoms with Gasteiger partial charge >= 0.3 is 0 Å². The average Bonchev–Trinajstić information content (AvgIpc) is 3.32. The van der Waals surface area contributed by atoms with Gasteiger partial charge in [-0.05, 0) is 54.2 Å². The number of amides is 2. The fourth-order valence-corrected chi connectivity index (χ4v) is 5.34. The van der Waals surface area contributed by atoms with Gasteiger partial charge in [0, 0.05) is 37.0 Å². The van der Waals surface area contributed by atoms with Gasteiger partial charge in [-0.2, -0.15) is 0 Å². The maximum Gasteiger partial charge on any atom is 0.226 e. The summed E-state index contributed by atoms with van der Waals surface area (Å²) in [5.41, 5.74) is 3.37. The molecule has 39 heavy (non-hydrogen) atoms. The topological polar surface area (TPSA) is 128 Å². The lowest BCUT2D eigenvalue weighted by Crippen LogP contribution is -2.26. The molecule has 0 radical (unpaired) electrons. The summed E-state index contributed by atoms with van der Waals surface area (Å²) in [4.78, 5) is 41.6. The number of carbonyl (C=O) groups is 2. The van der Waals surface area contributed by atoms with Crippen molar-refractivity contribution in [3.63, 3.8) is 0 Å². The van der Waals surface area contributed by atoms with Crippen LogP contribution in [-0.4, -0.2) is 44.7 Å². The largest absolute Gasteiger partial charge is 0.493 e. The number of hydrogen-bond acceptors (Lipinski definition) is 9.